The van der Waals surface area contributed by atoms with E-state index in [9.17, 15) is 13.2 Å². The van der Waals surface area contributed by atoms with E-state index in [2.05, 4.69) is 11.6 Å². The number of hydrogen-bond donors (Lipinski definition) is 1. The summed E-state index contributed by atoms with van der Waals surface area (Å²) in [6.07, 6.45) is 0.759. The van der Waals surface area contributed by atoms with Gasteiger partial charge in [-0.25, -0.2) is 13.1 Å². The third kappa shape index (κ3) is 6.61. The number of benzene rings is 2. The molecule has 0 saturated carbocycles. The molecule has 1 unspecified atom stereocenters. The maximum atomic E-state index is 12.2. The molecule has 26 heavy (non-hydrogen) atoms. The molecule has 0 saturated heterocycles. The van der Waals surface area contributed by atoms with Crippen molar-refractivity contribution in [3.8, 4) is 0 Å². The molecule has 0 aliphatic rings. The molecule has 0 aliphatic heterocycles. The molecule has 140 valence electrons. The Morgan fingerprint density at radius 1 is 1.04 bits per heavy atom. The fraction of sp³-hybridized carbons (Fsp3) is 0.350. The first-order valence-corrected chi connectivity index (χ1v) is 10.3. The predicted octanol–water partition coefficient (Wildman–Crippen LogP) is 3.36. The normalized spacial score (nSPS) is 12.5. The summed E-state index contributed by atoms with van der Waals surface area (Å²) in [6, 6.07) is 16.7. The van der Waals surface area contributed by atoms with Crippen molar-refractivity contribution in [2.45, 2.75) is 39.3 Å². The van der Waals surface area contributed by atoms with Crippen LogP contribution >= 0.6 is 0 Å². The van der Waals surface area contributed by atoms with E-state index in [0.29, 0.717) is 0 Å². The molecule has 0 fully saturated rings. The third-order valence-electron chi connectivity index (χ3n) is 4.06. The molecule has 1 atom stereocenters. The highest BCUT2D eigenvalue weighted by Gasteiger charge is 2.18. The van der Waals surface area contributed by atoms with Crippen molar-refractivity contribution in [2.75, 3.05) is 5.75 Å². The van der Waals surface area contributed by atoms with Gasteiger partial charge in [-0.15, -0.1) is 0 Å². The molecule has 0 aliphatic carbocycles. The van der Waals surface area contributed by atoms with E-state index in [1.807, 2.05) is 54.6 Å². The van der Waals surface area contributed by atoms with Gasteiger partial charge in [0.15, 0.2) is 0 Å². The predicted molar refractivity (Wildman–Crippen MR) is 102 cm³/mol. The SMILES string of the molecule is CCc1ccc(C(C)NS(=O)(=O)CCC(=O)OCc2ccccc2)cc1. The second-order valence-corrected chi connectivity index (χ2v) is 8.02. The molecule has 6 heteroatoms. The lowest BCUT2D eigenvalue weighted by Gasteiger charge is -2.15. The minimum Gasteiger partial charge on any atom is -0.461 e. The Labute approximate surface area is 155 Å². The number of hydrogen-bond acceptors (Lipinski definition) is 4. The van der Waals surface area contributed by atoms with Gasteiger partial charge in [0.2, 0.25) is 10.0 Å². The number of ether oxygens (including phenoxy) is 1. The highest BCUT2D eigenvalue weighted by molar-refractivity contribution is 7.89. The fourth-order valence-corrected chi connectivity index (χ4v) is 3.69. The first-order valence-electron chi connectivity index (χ1n) is 8.68. The smallest absolute Gasteiger partial charge is 0.307 e. The molecule has 2 aromatic rings. The van der Waals surface area contributed by atoms with Crippen LogP contribution in [0, 0.1) is 0 Å². The molecule has 5 nitrogen and oxygen atoms in total. The lowest BCUT2D eigenvalue weighted by atomic mass is 10.1. The van der Waals surface area contributed by atoms with E-state index in [1.54, 1.807) is 6.92 Å². The van der Waals surface area contributed by atoms with Crippen molar-refractivity contribution >= 4 is 16.0 Å². The maximum absolute atomic E-state index is 12.2. The minimum absolute atomic E-state index is 0.146. The van der Waals surface area contributed by atoms with Crippen molar-refractivity contribution in [3.05, 3.63) is 71.3 Å². The summed E-state index contributed by atoms with van der Waals surface area (Å²) < 4.78 is 32.1. The van der Waals surface area contributed by atoms with Gasteiger partial charge in [0.25, 0.3) is 0 Å². The second-order valence-electron chi connectivity index (χ2n) is 6.15. The Bertz CT molecular complexity index is 801. The minimum atomic E-state index is -3.57. The zero-order chi connectivity index (χ0) is 19.0. The first kappa shape index (κ1) is 20.1. The van der Waals surface area contributed by atoms with Gasteiger partial charge in [0.05, 0.1) is 12.2 Å². The number of carbonyl (C=O) groups is 1. The Balaban J connectivity index is 1.80. The molecule has 0 aromatic heterocycles. The van der Waals surface area contributed by atoms with Crippen LogP contribution in [0.3, 0.4) is 0 Å². The van der Waals surface area contributed by atoms with Crippen LogP contribution in [0.15, 0.2) is 54.6 Å². The van der Waals surface area contributed by atoms with Crippen LogP contribution in [0.4, 0.5) is 0 Å². The first-order chi connectivity index (χ1) is 12.4. The number of nitrogens with one attached hydrogen (secondary N) is 1. The van der Waals surface area contributed by atoms with Crippen LogP contribution in [0.5, 0.6) is 0 Å². The van der Waals surface area contributed by atoms with E-state index >= 15 is 0 Å². The largest absolute Gasteiger partial charge is 0.461 e. The van der Waals surface area contributed by atoms with Gasteiger partial charge in [-0.3, -0.25) is 4.79 Å². The van der Waals surface area contributed by atoms with Crippen molar-refractivity contribution in [1.82, 2.24) is 4.72 Å². The van der Waals surface area contributed by atoms with Gasteiger partial charge in [0.1, 0.15) is 6.61 Å². The quantitative estimate of drug-likeness (QED) is 0.682. The number of sulfonamides is 1. The van der Waals surface area contributed by atoms with Crippen molar-refractivity contribution in [2.24, 2.45) is 0 Å². The number of aryl methyl sites for hydroxylation is 1. The molecular formula is C20H25NO4S. The number of esters is 1. The Hall–Kier alpha value is -2.18. The highest BCUT2D eigenvalue weighted by Crippen LogP contribution is 2.15. The lowest BCUT2D eigenvalue weighted by molar-refractivity contribution is -0.144. The van der Waals surface area contributed by atoms with Crippen LogP contribution in [-0.4, -0.2) is 20.1 Å². The number of rotatable bonds is 9. The average molecular weight is 375 g/mol. The molecule has 0 amide bonds. The van der Waals surface area contributed by atoms with Gasteiger partial charge in [0, 0.05) is 6.04 Å². The summed E-state index contributed by atoms with van der Waals surface area (Å²) in [5.41, 5.74) is 2.95. The second kappa shape index (κ2) is 9.50. The van der Waals surface area contributed by atoms with Crippen molar-refractivity contribution in [3.63, 3.8) is 0 Å². The Morgan fingerprint density at radius 2 is 1.69 bits per heavy atom. The van der Waals surface area contributed by atoms with E-state index in [0.717, 1.165) is 17.5 Å². The Kier molecular flexibility index (Phi) is 7.36. The summed E-state index contributed by atoms with van der Waals surface area (Å²) in [7, 11) is -3.57. The summed E-state index contributed by atoms with van der Waals surface area (Å²) in [5.74, 6) is -0.822. The maximum Gasteiger partial charge on any atom is 0.307 e. The van der Waals surface area contributed by atoms with Crippen molar-refractivity contribution < 1.29 is 17.9 Å². The van der Waals surface area contributed by atoms with E-state index in [-0.39, 0.29) is 24.8 Å². The summed E-state index contributed by atoms with van der Waals surface area (Å²) >= 11 is 0. The zero-order valence-electron chi connectivity index (χ0n) is 15.1. The highest BCUT2D eigenvalue weighted by atomic mass is 32.2. The average Bonchev–Trinajstić information content (AvgIpc) is 2.65. The molecule has 0 spiro atoms. The topological polar surface area (TPSA) is 72.5 Å². The van der Waals surface area contributed by atoms with E-state index in [1.165, 1.54) is 5.56 Å². The fourth-order valence-electron chi connectivity index (χ4n) is 2.47. The van der Waals surface area contributed by atoms with E-state index in [4.69, 9.17) is 4.74 Å². The summed E-state index contributed by atoms with van der Waals surface area (Å²) in [4.78, 5) is 11.8. The van der Waals surface area contributed by atoms with Crippen molar-refractivity contribution in [1.29, 1.82) is 0 Å². The molecule has 0 radical (unpaired) electrons. The lowest BCUT2D eigenvalue weighted by Crippen LogP contribution is -2.30. The van der Waals surface area contributed by atoms with Gasteiger partial charge in [-0.2, -0.15) is 0 Å². The molecule has 2 rings (SSSR count). The molecular weight excluding hydrogens is 350 g/mol. The molecule has 0 heterocycles. The standard InChI is InChI=1S/C20H25NO4S/c1-3-17-9-11-19(12-10-17)16(2)21-26(23,24)14-13-20(22)25-15-18-7-5-4-6-8-18/h4-12,16,21H,3,13-15H2,1-2H3. The van der Waals surface area contributed by atoms with Gasteiger partial charge in [-0.05, 0) is 30.0 Å². The molecule has 1 N–H and O–H groups in total. The van der Waals surface area contributed by atoms with Crippen LogP contribution in [0.25, 0.3) is 0 Å². The Morgan fingerprint density at radius 3 is 2.31 bits per heavy atom. The van der Waals surface area contributed by atoms with Crippen LogP contribution in [-0.2, 0) is 32.6 Å². The van der Waals surface area contributed by atoms with Crippen LogP contribution in [0.2, 0.25) is 0 Å². The van der Waals surface area contributed by atoms with Crippen LogP contribution in [0.1, 0.15) is 43.0 Å². The van der Waals surface area contributed by atoms with Crippen LogP contribution < -0.4 is 4.72 Å². The van der Waals surface area contributed by atoms with Gasteiger partial charge < -0.3 is 4.74 Å². The van der Waals surface area contributed by atoms with Gasteiger partial charge >= 0.3 is 5.97 Å². The number of carbonyl (C=O) groups excluding carboxylic acids is 1. The third-order valence-corrected chi connectivity index (χ3v) is 5.52. The van der Waals surface area contributed by atoms with Gasteiger partial charge in [-0.1, -0.05) is 61.5 Å². The monoisotopic (exact) mass is 375 g/mol. The summed E-state index contributed by atoms with van der Waals surface area (Å²) in [5, 5.41) is 0. The summed E-state index contributed by atoms with van der Waals surface area (Å²) in [6.45, 7) is 4.00. The molecule has 2 aromatic carbocycles. The van der Waals surface area contributed by atoms with E-state index < -0.39 is 16.0 Å². The zero-order valence-corrected chi connectivity index (χ0v) is 16.0. The molecule has 0 bridgehead atoms.